The molecule has 1 aromatic carbocycles. The van der Waals surface area contributed by atoms with E-state index >= 15 is 0 Å². The fourth-order valence-electron chi connectivity index (χ4n) is 1.82. The molecule has 0 fully saturated rings. The van der Waals surface area contributed by atoms with Crippen molar-refractivity contribution in [3.8, 4) is 0 Å². The lowest BCUT2D eigenvalue weighted by Crippen LogP contribution is -2.37. The highest BCUT2D eigenvalue weighted by Gasteiger charge is 2.24. The molecule has 0 aliphatic carbocycles. The Morgan fingerprint density at radius 3 is 2.52 bits per heavy atom. The third-order valence-electron chi connectivity index (χ3n) is 3.09. The molecular weight excluding hydrogens is 317 g/mol. The van der Waals surface area contributed by atoms with Crippen LogP contribution in [0.1, 0.15) is 25.8 Å². The Balaban J connectivity index is 2.66. The molecule has 0 aliphatic heterocycles. The quantitative estimate of drug-likeness (QED) is 0.867. The molecular formula is C14H19ClFNO3S. The minimum absolute atomic E-state index is 0.0773. The maximum absolute atomic E-state index is 13.1. The first-order chi connectivity index (χ1) is 9.51. The van der Waals surface area contributed by atoms with Gasteiger partial charge < -0.3 is 5.32 Å². The first kappa shape index (κ1) is 17.9. The standard InChI is InChI=1S/C14H19ClFNO3S/c1-14(2,11-5-4-10(16)8-12(11)15)9-17-13(18)6-7-21(3,19)20/h4-5,8H,6-7,9H2,1-3H3,(H,17,18). The monoisotopic (exact) mass is 335 g/mol. The second-order valence-corrected chi connectivity index (χ2v) is 8.33. The largest absolute Gasteiger partial charge is 0.355 e. The van der Waals surface area contributed by atoms with E-state index in [1.165, 1.54) is 12.1 Å². The number of hydrogen-bond donors (Lipinski definition) is 1. The summed E-state index contributed by atoms with van der Waals surface area (Å²) in [4.78, 5) is 11.6. The zero-order chi connectivity index (χ0) is 16.3. The Bertz CT molecular complexity index is 629. The molecule has 0 atom stereocenters. The topological polar surface area (TPSA) is 63.2 Å². The number of halogens is 2. The van der Waals surface area contributed by atoms with Gasteiger partial charge in [-0.1, -0.05) is 31.5 Å². The molecule has 0 spiro atoms. The first-order valence-electron chi connectivity index (χ1n) is 6.41. The Hall–Kier alpha value is -1.14. The van der Waals surface area contributed by atoms with Crippen molar-refractivity contribution < 1.29 is 17.6 Å². The summed E-state index contributed by atoms with van der Waals surface area (Å²) in [5, 5.41) is 2.98. The van der Waals surface area contributed by atoms with Gasteiger partial charge in [-0.25, -0.2) is 12.8 Å². The maximum atomic E-state index is 13.1. The summed E-state index contributed by atoms with van der Waals surface area (Å²) in [7, 11) is -3.16. The summed E-state index contributed by atoms with van der Waals surface area (Å²) < 4.78 is 35.1. The molecule has 0 aliphatic rings. The van der Waals surface area contributed by atoms with Crippen molar-refractivity contribution in [2.24, 2.45) is 0 Å². The molecule has 1 N–H and O–H groups in total. The third kappa shape index (κ3) is 6.01. The molecule has 7 heteroatoms. The number of benzene rings is 1. The zero-order valence-corrected chi connectivity index (χ0v) is 13.8. The van der Waals surface area contributed by atoms with Gasteiger partial charge in [0.2, 0.25) is 5.91 Å². The number of carbonyl (C=O) groups is 1. The van der Waals surface area contributed by atoms with Crippen LogP contribution in [0.3, 0.4) is 0 Å². The molecule has 118 valence electrons. The van der Waals surface area contributed by atoms with Crippen molar-refractivity contribution in [1.82, 2.24) is 5.32 Å². The number of amides is 1. The minimum atomic E-state index is -3.16. The van der Waals surface area contributed by atoms with Crippen molar-refractivity contribution in [2.75, 3.05) is 18.6 Å². The van der Waals surface area contributed by atoms with E-state index in [2.05, 4.69) is 5.32 Å². The zero-order valence-electron chi connectivity index (χ0n) is 12.2. The van der Waals surface area contributed by atoms with Crippen LogP contribution < -0.4 is 5.32 Å². The Morgan fingerprint density at radius 1 is 1.38 bits per heavy atom. The van der Waals surface area contributed by atoms with Crippen molar-refractivity contribution in [3.63, 3.8) is 0 Å². The van der Waals surface area contributed by atoms with Gasteiger partial charge in [0.05, 0.1) is 5.75 Å². The average Bonchev–Trinajstić information content (AvgIpc) is 2.32. The van der Waals surface area contributed by atoms with Gasteiger partial charge in [-0.15, -0.1) is 0 Å². The number of carbonyl (C=O) groups excluding carboxylic acids is 1. The Morgan fingerprint density at radius 2 is 2.00 bits per heavy atom. The van der Waals surface area contributed by atoms with Crippen LogP contribution in [0.5, 0.6) is 0 Å². The van der Waals surface area contributed by atoms with Crippen LogP contribution in [0.15, 0.2) is 18.2 Å². The van der Waals surface area contributed by atoms with Gasteiger partial charge in [0.15, 0.2) is 0 Å². The van der Waals surface area contributed by atoms with Crippen molar-refractivity contribution in [1.29, 1.82) is 0 Å². The highest BCUT2D eigenvalue weighted by molar-refractivity contribution is 7.90. The summed E-state index contributed by atoms with van der Waals surface area (Å²) in [5.74, 6) is -0.945. The van der Waals surface area contributed by atoms with Gasteiger partial charge in [0, 0.05) is 29.7 Å². The van der Waals surface area contributed by atoms with Crippen LogP contribution in [-0.2, 0) is 20.0 Å². The third-order valence-corrected chi connectivity index (χ3v) is 4.35. The molecule has 0 heterocycles. The lowest BCUT2D eigenvalue weighted by molar-refractivity contribution is -0.120. The van der Waals surface area contributed by atoms with E-state index in [4.69, 9.17) is 11.6 Å². The second kappa shape index (κ2) is 6.75. The van der Waals surface area contributed by atoms with Crippen LogP contribution >= 0.6 is 11.6 Å². The predicted octanol–water partition coefficient (Wildman–Crippen LogP) is 2.31. The Kier molecular flexibility index (Phi) is 5.75. The fourth-order valence-corrected chi connectivity index (χ4v) is 2.80. The maximum Gasteiger partial charge on any atom is 0.221 e. The number of hydrogen-bond acceptors (Lipinski definition) is 3. The van der Waals surface area contributed by atoms with Crippen LogP contribution in [0.4, 0.5) is 4.39 Å². The summed E-state index contributed by atoms with van der Waals surface area (Å²) in [6.07, 6.45) is 1.01. The fraction of sp³-hybridized carbons (Fsp3) is 0.500. The smallest absolute Gasteiger partial charge is 0.221 e. The molecule has 0 bridgehead atoms. The molecule has 0 unspecified atom stereocenters. The summed E-state index contributed by atoms with van der Waals surface area (Å²) in [5.41, 5.74) is 0.222. The lowest BCUT2D eigenvalue weighted by atomic mass is 9.84. The highest BCUT2D eigenvalue weighted by atomic mass is 35.5. The molecule has 0 saturated heterocycles. The number of nitrogens with one attached hydrogen (secondary N) is 1. The lowest BCUT2D eigenvalue weighted by Gasteiger charge is -2.26. The van der Waals surface area contributed by atoms with Crippen LogP contribution in [0.25, 0.3) is 0 Å². The van der Waals surface area contributed by atoms with E-state index in [1.54, 1.807) is 6.07 Å². The molecule has 1 amide bonds. The molecule has 1 rings (SSSR count). The summed E-state index contributed by atoms with van der Waals surface area (Å²) in [6.45, 7) is 4.01. The van der Waals surface area contributed by atoms with E-state index in [0.717, 1.165) is 6.26 Å². The normalized spacial score (nSPS) is 12.2. The highest BCUT2D eigenvalue weighted by Crippen LogP contribution is 2.29. The molecule has 0 aromatic heterocycles. The summed E-state index contributed by atoms with van der Waals surface area (Å²) in [6, 6.07) is 4.12. The van der Waals surface area contributed by atoms with E-state index < -0.39 is 21.1 Å². The van der Waals surface area contributed by atoms with Gasteiger partial charge in [-0.05, 0) is 17.7 Å². The van der Waals surface area contributed by atoms with Gasteiger partial charge in [-0.2, -0.15) is 0 Å². The number of rotatable bonds is 6. The van der Waals surface area contributed by atoms with Gasteiger partial charge in [-0.3, -0.25) is 4.79 Å². The SMILES string of the molecule is CC(C)(CNC(=O)CCS(C)(=O)=O)c1ccc(F)cc1Cl. The minimum Gasteiger partial charge on any atom is -0.355 e. The summed E-state index contributed by atoms with van der Waals surface area (Å²) >= 11 is 6.02. The van der Waals surface area contributed by atoms with Gasteiger partial charge in [0.1, 0.15) is 15.7 Å². The molecule has 21 heavy (non-hydrogen) atoms. The van der Waals surface area contributed by atoms with Crippen molar-refractivity contribution in [2.45, 2.75) is 25.7 Å². The van der Waals surface area contributed by atoms with Crippen LogP contribution in [0, 0.1) is 5.82 Å². The second-order valence-electron chi connectivity index (χ2n) is 5.66. The van der Waals surface area contributed by atoms with E-state index in [-0.39, 0.29) is 24.6 Å². The predicted molar refractivity (Wildman–Crippen MR) is 81.8 cm³/mol. The van der Waals surface area contributed by atoms with E-state index in [1.807, 2.05) is 13.8 Å². The average molecular weight is 336 g/mol. The van der Waals surface area contributed by atoms with Crippen molar-refractivity contribution in [3.05, 3.63) is 34.6 Å². The van der Waals surface area contributed by atoms with Gasteiger partial charge in [0.25, 0.3) is 0 Å². The van der Waals surface area contributed by atoms with Crippen LogP contribution in [-0.4, -0.2) is 32.9 Å². The molecule has 0 radical (unpaired) electrons. The van der Waals surface area contributed by atoms with Crippen molar-refractivity contribution >= 4 is 27.3 Å². The molecule has 4 nitrogen and oxygen atoms in total. The number of sulfone groups is 1. The first-order valence-corrected chi connectivity index (χ1v) is 8.85. The van der Waals surface area contributed by atoms with E-state index in [0.29, 0.717) is 10.6 Å². The molecule has 1 aromatic rings. The Labute approximate surface area is 129 Å². The molecule has 0 saturated carbocycles. The van der Waals surface area contributed by atoms with E-state index in [9.17, 15) is 17.6 Å². The van der Waals surface area contributed by atoms with Gasteiger partial charge >= 0.3 is 0 Å². The van der Waals surface area contributed by atoms with Crippen LogP contribution in [0.2, 0.25) is 5.02 Å².